The van der Waals surface area contributed by atoms with Gasteiger partial charge >= 0.3 is 5.97 Å². The van der Waals surface area contributed by atoms with Gasteiger partial charge in [-0.3, -0.25) is 0 Å². The van der Waals surface area contributed by atoms with Crippen LogP contribution >= 0.6 is 0 Å². The molecule has 0 amide bonds. The third-order valence-electron chi connectivity index (χ3n) is 6.42. The molecule has 0 spiro atoms. The van der Waals surface area contributed by atoms with Crippen LogP contribution in [0.1, 0.15) is 76.6 Å². The van der Waals surface area contributed by atoms with E-state index in [1.807, 2.05) is 30.3 Å². The third-order valence-corrected chi connectivity index (χ3v) is 6.42. The summed E-state index contributed by atoms with van der Waals surface area (Å²) in [5, 5.41) is 9.51. The number of carboxylic acid groups (broad SMARTS) is 1. The largest absolute Gasteiger partial charge is 0.493 e. The van der Waals surface area contributed by atoms with Crippen molar-refractivity contribution in [3.63, 3.8) is 0 Å². The summed E-state index contributed by atoms with van der Waals surface area (Å²) in [6.07, 6.45) is 7.20. The minimum Gasteiger partial charge on any atom is -0.493 e. The highest BCUT2D eigenvalue weighted by Gasteiger charge is 2.38. The summed E-state index contributed by atoms with van der Waals surface area (Å²) in [6.45, 7) is 9.99. The Balaban J connectivity index is 1.70. The van der Waals surface area contributed by atoms with Crippen molar-refractivity contribution in [2.24, 2.45) is 11.8 Å². The highest BCUT2D eigenvalue weighted by Crippen LogP contribution is 2.38. The van der Waals surface area contributed by atoms with Crippen molar-refractivity contribution < 1.29 is 24.1 Å². The van der Waals surface area contributed by atoms with Gasteiger partial charge in [0.05, 0.1) is 18.3 Å². The first-order valence-corrected chi connectivity index (χ1v) is 12.8. The number of hydrogen-bond donors (Lipinski definition) is 1. The Morgan fingerprint density at radius 2 is 1.74 bits per heavy atom. The number of rotatable bonds is 15. The van der Waals surface area contributed by atoms with E-state index in [9.17, 15) is 9.90 Å². The molecule has 1 saturated heterocycles. The summed E-state index contributed by atoms with van der Waals surface area (Å²) in [7, 11) is 0. The lowest BCUT2D eigenvalue weighted by atomic mass is 9.97. The fourth-order valence-corrected chi connectivity index (χ4v) is 4.24. The Morgan fingerprint density at radius 1 is 0.971 bits per heavy atom. The van der Waals surface area contributed by atoms with E-state index in [1.165, 1.54) is 19.3 Å². The third kappa shape index (κ3) is 7.76. The number of epoxide rings is 1. The van der Waals surface area contributed by atoms with Crippen LogP contribution in [0, 0.1) is 11.8 Å². The van der Waals surface area contributed by atoms with Gasteiger partial charge in [0.25, 0.3) is 0 Å². The molecule has 1 aliphatic rings. The van der Waals surface area contributed by atoms with E-state index in [0.717, 1.165) is 42.1 Å². The normalized spacial score (nSPS) is 18.0. The van der Waals surface area contributed by atoms with E-state index in [2.05, 4.69) is 27.7 Å². The molecule has 34 heavy (non-hydrogen) atoms. The Hall–Kier alpha value is -2.53. The van der Waals surface area contributed by atoms with E-state index >= 15 is 0 Å². The van der Waals surface area contributed by atoms with Crippen molar-refractivity contribution in [1.29, 1.82) is 0 Å². The second-order valence-electron chi connectivity index (χ2n) is 9.89. The molecule has 0 radical (unpaired) electrons. The van der Waals surface area contributed by atoms with Crippen LogP contribution in [0.4, 0.5) is 0 Å². The monoisotopic (exact) mass is 468 g/mol. The van der Waals surface area contributed by atoms with Crippen LogP contribution in [0.25, 0.3) is 11.1 Å². The molecule has 3 rings (SSSR count). The second-order valence-corrected chi connectivity index (χ2v) is 9.89. The van der Waals surface area contributed by atoms with Crippen LogP contribution in [0.2, 0.25) is 0 Å². The highest BCUT2D eigenvalue weighted by molar-refractivity contribution is 5.90. The van der Waals surface area contributed by atoms with Crippen molar-refractivity contribution >= 4 is 5.97 Å². The molecule has 186 valence electrons. The van der Waals surface area contributed by atoms with Crippen LogP contribution in [0.15, 0.2) is 42.5 Å². The lowest BCUT2D eigenvalue weighted by molar-refractivity contribution is 0.0696. The van der Waals surface area contributed by atoms with E-state index in [4.69, 9.17) is 14.2 Å². The Kier molecular flexibility index (Phi) is 9.82. The molecule has 2 aromatic carbocycles. The second kappa shape index (κ2) is 12.8. The molecular weight excluding hydrogens is 428 g/mol. The van der Waals surface area contributed by atoms with Gasteiger partial charge in [-0.15, -0.1) is 0 Å². The smallest absolute Gasteiger partial charge is 0.335 e. The number of benzene rings is 2. The van der Waals surface area contributed by atoms with Gasteiger partial charge in [0.15, 0.2) is 0 Å². The quantitative estimate of drug-likeness (QED) is 0.279. The number of hydrogen-bond acceptors (Lipinski definition) is 4. The van der Waals surface area contributed by atoms with E-state index < -0.39 is 5.97 Å². The molecule has 2 aromatic rings. The van der Waals surface area contributed by atoms with Crippen LogP contribution in [-0.2, 0) is 4.74 Å². The molecular formula is C29H40O5. The molecule has 5 heteroatoms. The molecule has 5 nitrogen and oxygen atoms in total. The van der Waals surface area contributed by atoms with E-state index in [-0.39, 0.29) is 11.7 Å². The van der Waals surface area contributed by atoms with Gasteiger partial charge in [-0.1, -0.05) is 71.6 Å². The van der Waals surface area contributed by atoms with Gasteiger partial charge in [-0.05, 0) is 48.9 Å². The number of carbonyl (C=O) groups is 1. The van der Waals surface area contributed by atoms with Crippen molar-refractivity contribution in [2.45, 2.75) is 78.4 Å². The van der Waals surface area contributed by atoms with Crippen molar-refractivity contribution in [3.8, 4) is 22.6 Å². The van der Waals surface area contributed by atoms with E-state index in [0.29, 0.717) is 31.0 Å². The maximum Gasteiger partial charge on any atom is 0.335 e. The fourth-order valence-electron chi connectivity index (χ4n) is 4.24. The molecule has 0 bridgehead atoms. The predicted octanol–water partition coefficient (Wildman–Crippen LogP) is 7.23. The van der Waals surface area contributed by atoms with Crippen LogP contribution in [-0.4, -0.2) is 36.5 Å². The van der Waals surface area contributed by atoms with Crippen LogP contribution in [0.3, 0.4) is 0 Å². The maximum atomic E-state index is 11.6. The molecule has 0 saturated carbocycles. The predicted molar refractivity (Wildman–Crippen MR) is 136 cm³/mol. The molecule has 1 N–H and O–H groups in total. The summed E-state index contributed by atoms with van der Waals surface area (Å²) < 4.78 is 18.0. The zero-order chi connectivity index (χ0) is 24.5. The first-order valence-electron chi connectivity index (χ1n) is 12.8. The van der Waals surface area contributed by atoms with Gasteiger partial charge < -0.3 is 19.3 Å². The topological polar surface area (TPSA) is 68.3 Å². The number of carboxylic acids is 1. The van der Waals surface area contributed by atoms with Crippen molar-refractivity contribution in [1.82, 2.24) is 0 Å². The SMILES string of the molecule is CCC[C@H]1OC1COc1ccccc1-c1ccc(C(=O)O)cc1OCCC(C)CCCC(C)C. The number of para-hydroxylation sites is 1. The summed E-state index contributed by atoms with van der Waals surface area (Å²) >= 11 is 0. The summed E-state index contributed by atoms with van der Waals surface area (Å²) in [4.78, 5) is 11.6. The molecule has 2 unspecified atom stereocenters. The standard InChI is InChI=1S/C29H40O5/c1-5-9-26-28(34-26)19-33-25-13-7-6-12-23(25)24-15-14-22(29(30)31)18-27(24)32-17-16-21(4)11-8-10-20(2)3/h6-7,12-15,18,20-21,26,28H,5,8-11,16-17,19H2,1-4H3,(H,30,31)/t21?,26-,28?/m1/s1. The summed E-state index contributed by atoms with van der Waals surface area (Å²) in [5.74, 6) is 1.67. The first kappa shape index (κ1) is 26.1. The zero-order valence-corrected chi connectivity index (χ0v) is 21.1. The zero-order valence-electron chi connectivity index (χ0n) is 21.1. The Labute approximate surface area is 204 Å². The lowest BCUT2D eigenvalue weighted by Crippen LogP contribution is -2.09. The molecule has 0 aliphatic carbocycles. The van der Waals surface area contributed by atoms with Crippen molar-refractivity contribution in [3.05, 3.63) is 48.0 Å². The maximum absolute atomic E-state index is 11.6. The number of ether oxygens (including phenoxy) is 3. The Morgan fingerprint density at radius 3 is 2.47 bits per heavy atom. The minimum atomic E-state index is -0.962. The van der Waals surface area contributed by atoms with Gasteiger partial charge in [0.2, 0.25) is 0 Å². The van der Waals surface area contributed by atoms with Gasteiger partial charge in [-0.2, -0.15) is 0 Å². The Bertz CT molecular complexity index is 922. The lowest BCUT2D eigenvalue weighted by Gasteiger charge is -2.17. The van der Waals surface area contributed by atoms with E-state index in [1.54, 1.807) is 12.1 Å². The minimum absolute atomic E-state index is 0.148. The molecule has 3 atom stereocenters. The van der Waals surface area contributed by atoms with Gasteiger partial charge in [0.1, 0.15) is 24.2 Å². The highest BCUT2D eigenvalue weighted by atomic mass is 16.6. The average Bonchev–Trinajstić information content (AvgIpc) is 3.55. The fraction of sp³-hybridized carbons (Fsp3) is 0.552. The molecule has 0 aromatic heterocycles. The average molecular weight is 469 g/mol. The molecule has 1 fully saturated rings. The van der Waals surface area contributed by atoms with Gasteiger partial charge in [0, 0.05) is 11.1 Å². The first-order chi connectivity index (χ1) is 16.4. The molecule has 1 heterocycles. The number of aromatic carboxylic acids is 1. The van der Waals surface area contributed by atoms with Crippen molar-refractivity contribution in [2.75, 3.05) is 13.2 Å². The molecule has 1 aliphatic heterocycles. The summed E-state index contributed by atoms with van der Waals surface area (Å²) in [6, 6.07) is 12.9. The van der Waals surface area contributed by atoms with Crippen LogP contribution < -0.4 is 9.47 Å². The van der Waals surface area contributed by atoms with Gasteiger partial charge in [-0.25, -0.2) is 4.79 Å². The summed E-state index contributed by atoms with van der Waals surface area (Å²) in [5.41, 5.74) is 1.96. The van der Waals surface area contributed by atoms with Crippen LogP contribution in [0.5, 0.6) is 11.5 Å².